The lowest BCUT2D eigenvalue weighted by molar-refractivity contribution is -0.142. The molecule has 2 N–H and O–H groups in total. The second kappa shape index (κ2) is 5.59. The van der Waals surface area contributed by atoms with Gasteiger partial charge in [-0.1, -0.05) is 19.3 Å². The zero-order valence-corrected chi connectivity index (χ0v) is 11.0. The second-order valence-electron chi connectivity index (χ2n) is 5.47. The van der Waals surface area contributed by atoms with Crippen LogP contribution in [0.15, 0.2) is 0 Å². The van der Waals surface area contributed by atoms with Crippen LogP contribution >= 0.6 is 0 Å². The molecule has 0 unspecified atom stereocenters. The number of amides is 2. The number of nitrogens with one attached hydrogen (secondary N) is 2. The zero-order valence-electron chi connectivity index (χ0n) is 11.0. The van der Waals surface area contributed by atoms with E-state index in [0.717, 1.165) is 38.5 Å². The van der Waals surface area contributed by atoms with E-state index in [9.17, 15) is 9.59 Å². The van der Waals surface area contributed by atoms with Gasteiger partial charge in [-0.05, 0) is 25.7 Å². The van der Waals surface area contributed by atoms with E-state index in [-0.39, 0.29) is 18.4 Å². The second-order valence-corrected chi connectivity index (χ2v) is 5.47. The van der Waals surface area contributed by atoms with Crippen molar-refractivity contribution in [1.29, 1.82) is 0 Å². The molecular formula is C13H22N2O3. The van der Waals surface area contributed by atoms with Gasteiger partial charge < -0.3 is 15.4 Å². The first-order chi connectivity index (χ1) is 8.63. The summed E-state index contributed by atoms with van der Waals surface area (Å²) >= 11 is 0. The van der Waals surface area contributed by atoms with E-state index in [4.69, 9.17) is 4.74 Å². The minimum absolute atomic E-state index is 0.136. The van der Waals surface area contributed by atoms with Crippen LogP contribution in [-0.2, 0) is 9.53 Å². The van der Waals surface area contributed by atoms with Gasteiger partial charge in [0.05, 0.1) is 19.1 Å². The molecule has 2 fully saturated rings. The highest BCUT2D eigenvalue weighted by molar-refractivity contribution is 5.77. The van der Waals surface area contributed by atoms with Crippen molar-refractivity contribution < 1.29 is 14.3 Å². The van der Waals surface area contributed by atoms with Crippen LogP contribution in [0.5, 0.6) is 0 Å². The summed E-state index contributed by atoms with van der Waals surface area (Å²) in [7, 11) is 1.39. The molecule has 0 heterocycles. The van der Waals surface area contributed by atoms with Crippen LogP contribution in [0.1, 0.15) is 51.4 Å². The molecule has 2 rings (SSSR count). The molecule has 5 heteroatoms. The number of esters is 1. The lowest BCUT2D eigenvalue weighted by atomic mass is 9.79. The van der Waals surface area contributed by atoms with Crippen LogP contribution < -0.4 is 10.6 Å². The SMILES string of the molecule is COC(=O)CC1(NC(=O)NC2CC2)CCCCC1. The summed E-state index contributed by atoms with van der Waals surface area (Å²) in [6, 6.07) is 0.201. The topological polar surface area (TPSA) is 67.4 Å². The number of rotatable bonds is 4. The third kappa shape index (κ3) is 3.62. The average Bonchev–Trinajstić information content (AvgIpc) is 3.13. The Balaban J connectivity index is 1.93. The van der Waals surface area contributed by atoms with Crippen LogP contribution in [0.25, 0.3) is 0 Å². The maximum absolute atomic E-state index is 11.9. The summed E-state index contributed by atoms with van der Waals surface area (Å²) in [6.07, 6.45) is 7.42. The molecule has 18 heavy (non-hydrogen) atoms. The Labute approximate surface area is 108 Å². The van der Waals surface area contributed by atoms with E-state index < -0.39 is 5.54 Å². The molecule has 0 aromatic heterocycles. The van der Waals surface area contributed by atoms with E-state index >= 15 is 0 Å². The number of methoxy groups -OCH3 is 1. The molecule has 2 saturated carbocycles. The maximum atomic E-state index is 11.9. The maximum Gasteiger partial charge on any atom is 0.315 e. The predicted octanol–water partition coefficient (Wildman–Crippen LogP) is 1.71. The molecule has 2 amide bonds. The molecular weight excluding hydrogens is 232 g/mol. The molecule has 0 atom stereocenters. The lowest BCUT2D eigenvalue weighted by Gasteiger charge is -2.37. The molecule has 0 aliphatic heterocycles. The van der Waals surface area contributed by atoms with Crippen LogP contribution in [0, 0.1) is 0 Å². The Morgan fingerprint density at radius 3 is 2.44 bits per heavy atom. The van der Waals surface area contributed by atoms with Gasteiger partial charge in [0.2, 0.25) is 0 Å². The Morgan fingerprint density at radius 2 is 1.89 bits per heavy atom. The van der Waals surface area contributed by atoms with Crippen molar-refractivity contribution in [1.82, 2.24) is 10.6 Å². The number of urea groups is 1. The van der Waals surface area contributed by atoms with E-state index in [2.05, 4.69) is 10.6 Å². The first kappa shape index (κ1) is 13.2. The van der Waals surface area contributed by atoms with Crippen molar-refractivity contribution in [3.8, 4) is 0 Å². The Hall–Kier alpha value is -1.26. The van der Waals surface area contributed by atoms with Crippen molar-refractivity contribution in [3.63, 3.8) is 0 Å². The Kier molecular flexibility index (Phi) is 4.09. The van der Waals surface area contributed by atoms with E-state index in [1.165, 1.54) is 13.5 Å². The molecule has 0 aromatic carbocycles. The Bertz CT molecular complexity index is 320. The smallest absolute Gasteiger partial charge is 0.315 e. The van der Waals surface area contributed by atoms with Gasteiger partial charge >= 0.3 is 12.0 Å². The highest BCUT2D eigenvalue weighted by Crippen LogP contribution is 2.31. The molecule has 0 radical (unpaired) electrons. The van der Waals surface area contributed by atoms with Crippen molar-refractivity contribution in [2.45, 2.75) is 62.9 Å². The summed E-state index contributed by atoms with van der Waals surface area (Å²) in [5, 5.41) is 5.93. The monoisotopic (exact) mass is 254 g/mol. The first-order valence-electron chi connectivity index (χ1n) is 6.79. The number of carbonyl (C=O) groups excluding carboxylic acids is 2. The van der Waals surface area contributed by atoms with Crippen LogP contribution in [0.3, 0.4) is 0 Å². The van der Waals surface area contributed by atoms with Crippen molar-refractivity contribution in [2.75, 3.05) is 7.11 Å². The van der Waals surface area contributed by atoms with Gasteiger partial charge in [-0.2, -0.15) is 0 Å². The molecule has 0 saturated heterocycles. The summed E-state index contributed by atoms with van der Waals surface area (Å²) in [5.41, 5.74) is -0.398. The van der Waals surface area contributed by atoms with Gasteiger partial charge in [-0.15, -0.1) is 0 Å². The highest BCUT2D eigenvalue weighted by atomic mass is 16.5. The lowest BCUT2D eigenvalue weighted by Crippen LogP contribution is -2.54. The van der Waals surface area contributed by atoms with Crippen LogP contribution in [0.4, 0.5) is 4.79 Å². The van der Waals surface area contributed by atoms with Gasteiger partial charge in [0.15, 0.2) is 0 Å². The minimum Gasteiger partial charge on any atom is -0.469 e. The average molecular weight is 254 g/mol. The first-order valence-corrected chi connectivity index (χ1v) is 6.79. The standard InChI is InChI=1S/C13H22N2O3/c1-18-11(16)9-13(7-3-2-4-8-13)15-12(17)14-10-5-6-10/h10H,2-9H2,1H3,(H2,14,15,17). The van der Waals surface area contributed by atoms with E-state index in [0.29, 0.717) is 6.04 Å². The fourth-order valence-electron chi connectivity index (χ4n) is 2.61. The normalized spacial score (nSPS) is 22.1. The Morgan fingerprint density at radius 1 is 1.22 bits per heavy atom. The molecule has 0 aromatic rings. The van der Waals surface area contributed by atoms with Crippen LogP contribution in [-0.4, -0.2) is 30.7 Å². The highest BCUT2D eigenvalue weighted by Gasteiger charge is 2.37. The van der Waals surface area contributed by atoms with Gasteiger partial charge in [0.1, 0.15) is 0 Å². The van der Waals surface area contributed by atoms with Crippen LogP contribution in [0.2, 0.25) is 0 Å². The summed E-state index contributed by atoms with van der Waals surface area (Å²) < 4.78 is 4.74. The summed E-state index contributed by atoms with van der Waals surface area (Å²) in [4.78, 5) is 23.4. The molecule has 5 nitrogen and oxygen atoms in total. The van der Waals surface area contributed by atoms with Gasteiger partial charge in [-0.25, -0.2) is 4.79 Å². The van der Waals surface area contributed by atoms with Crippen molar-refractivity contribution in [2.24, 2.45) is 0 Å². The number of ether oxygens (including phenoxy) is 1. The molecule has 2 aliphatic carbocycles. The molecule has 0 bridgehead atoms. The minimum atomic E-state index is -0.398. The number of hydrogen-bond acceptors (Lipinski definition) is 3. The van der Waals surface area contributed by atoms with Crippen molar-refractivity contribution in [3.05, 3.63) is 0 Å². The zero-order chi connectivity index (χ0) is 13.0. The fourth-order valence-corrected chi connectivity index (χ4v) is 2.61. The van der Waals surface area contributed by atoms with Gasteiger partial charge in [0, 0.05) is 6.04 Å². The molecule has 2 aliphatic rings. The molecule has 0 spiro atoms. The number of hydrogen-bond donors (Lipinski definition) is 2. The van der Waals surface area contributed by atoms with Gasteiger partial charge in [-0.3, -0.25) is 4.79 Å². The summed E-state index contributed by atoms with van der Waals surface area (Å²) in [5.74, 6) is -0.247. The van der Waals surface area contributed by atoms with Gasteiger partial charge in [0.25, 0.3) is 0 Å². The van der Waals surface area contributed by atoms with Crippen molar-refractivity contribution >= 4 is 12.0 Å². The predicted molar refractivity (Wildman–Crippen MR) is 67.1 cm³/mol. The van der Waals surface area contributed by atoms with E-state index in [1.807, 2.05) is 0 Å². The quantitative estimate of drug-likeness (QED) is 0.751. The van der Waals surface area contributed by atoms with E-state index in [1.54, 1.807) is 0 Å². The number of carbonyl (C=O) groups is 2. The largest absolute Gasteiger partial charge is 0.469 e. The third-order valence-corrected chi connectivity index (χ3v) is 3.81. The molecule has 102 valence electrons. The third-order valence-electron chi connectivity index (χ3n) is 3.81. The fraction of sp³-hybridized carbons (Fsp3) is 0.846. The summed E-state index contributed by atoms with van der Waals surface area (Å²) in [6.45, 7) is 0.